The van der Waals surface area contributed by atoms with Crippen LogP contribution in [0.4, 0.5) is 0 Å². The Hall–Kier alpha value is -1.74. The van der Waals surface area contributed by atoms with Gasteiger partial charge < -0.3 is 5.32 Å². The van der Waals surface area contributed by atoms with Crippen LogP contribution in [0.1, 0.15) is 30.0 Å². The molecule has 0 saturated carbocycles. The van der Waals surface area contributed by atoms with Crippen molar-refractivity contribution in [2.24, 2.45) is 0 Å². The molecule has 104 valence electrons. The fourth-order valence-corrected chi connectivity index (χ4v) is 2.28. The molecule has 0 heterocycles. The molecule has 1 amide bonds. The van der Waals surface area contributed by atoms with Crippen molar-refractivity contribution in [2.75, 3.05) is 5.75 Å². The summed E-state index contributed by atoms with van der Waals surface area (Å²) in [6, 6.07) is 20.0. The van der Waals surface area contributed by atoms with Gasteiger partial charge in [-0.1, -0.05) is 60.7 Å². The third-order valence-corrected chi connectivity index (χ3v) is 3.45. The summed E-state index contributed by atoms with van der Waals surface area (Å²) in [5.41, 5.74) is 2.19. The first kappa shape index (κ1) is 14.7. The van der Waals surface area contributed by atoms with Crippen LogP contribution >= 0.6 is 12.6 Å². The van der Waals surface area contributed by atoms with E-state index in [2.05, 4.69) is 17.9 Å². The normalized spacial score (nSPS) is 10.5. The Bertz CT molecular complexity index is 488. The van der Waals surface area contributed by atoms with E-state index in [1.54, 1.807) is 0 Å². The van der Waals surface area contributed by atoms with Gasteiger partial charge >= 0.3 is 0 Å². The molecule has 0 atom stereocenters. The molecule has 0 aliphatic rings. The Morgan fingerprint density at radius 2 is 1.45 bits per heavy atom. The standard InChI is InChI=1S/C17H19NOS/c19-16(12-7-13-20)18-17(14-8-3-1-4-9-14)15-10-5-2-6-11-15/h1-6,8-11,17,20H,7,12-13H2,(H,18,19). The number of rotatable bonds is 6. The van der Waals surface area contributed by atoms with Gasteiger partial charge in [0.1, 0.15) is 0 Å². The van der Waals surface area contributed by atoms with E-state index in [1.165, 1.54) is 0 Å². The van der Waals surface area contributed by atoms with E-state index >= 15 is 0 Å². The minimum Gasteiger partial charge on any atom is -0.345 e. The summed E-state index contributed by atoms with van der Waals surface area (Å²) < 4.78 is 0. The zero-order chi connectivity index (χ0) is 14.2. The molecule has 20 heavy (non-hydrogen) atoms. The first-order valence-electron chi connectivity index (χ1n) is 6.81. The van der Waals surface area contributed by atoms with E-state index in [1.807, 2.05) is 60.7 Å². The second-order valence-electron chi connectivity index (χ2n) is 4.65. The highest BCUT2D eigenvalue weighted by Crippen LogP contribution is 2.21. The molecule has 0 aliphatic heterocycles. The predicted octanol–water partition coefficient (Wildman–Crippen LogP) is 3.60. The first-order chi connectivity index (χ1) is 9.81. The number of hydrogen-bond donors (Lipinski definition) is 2. The number of carbonyl (C=O) groups is 1. The number of amides is 1. The van der Waals surface area contributed by atoms with Gasteiger partial charge in [0.15, 0.2) is 0 Å². The number of carbonyl (C=O) groups excluding carboxylic acids is 1. The monoisotopic (exact) mass is 285 g/mol. The van der Waals surface area contributed by atoms with Gasteiger partial charge in [-0.15, -0.1) is 0 Å². The van der Waals surface area contributed by atoms with Gasteiger partial charge in [0.05, 0.1) is 6.04 Å². The zero-order valence-corrected chi connectivity index (χ0v) is 12.2. The van der Waals surface area contributed by atoms with Gasteiger partial charge in [-0.2, -0.15) is 12.6 Å². The quantitative estimate of drug-likeness (QED) is 0.780. The van der Waals surface area contributed by atoms with Crippen LogP contribution in [0.5, 0.6) is 0 Å². The van der Waals surface area contributed by atoms with Crippen molar-refractivity contribution in [3.8, 4) is 0 Å². The van der Waals surface area contributed by atoms with Crippen molar-refractivity contribution >= 4 is 18.5 Å². The van der Waals surface area contributed by atoms with E-state index in [4.69, 9.17) is 0 Å². The topological polar surface area (TPSA) is 29.1 Å². The lowest BCUT2D eigenvalue weighted by Crippen LogP contribution is -2.29. The summed E-state index contributed by atoms with van der Waals surface area (Å²) in [7, 11) is 0. The average molecular weight is 285 g/mol. The summed E-state index contributed by atoms with van der Waals surface area (Å²) in [6.07, 6.45) is 1.31. The van der Waals surface area contributed by atoms with Crippen LogP contribution < -0.4 is 5.32 Å². The molecule has 0 unspecified atom stereocenters. The van der Waals surface area contributed by atoms with Gasteiger partial charge in [0, 0.05) is 6.42 Å². The van der Waals surface area contributed by atoms with Crippen molar-refractivity contribution in [1.29, 1.82) is 0 Å². The van der Waals surface area contributed by atoms with Crippen molar-refractivity contribution in [3.63, 3.8) is 0 Å². The summed E-state index contributed by atoms with van der Waals surface area (Å²) in [6.45, 7) is 0. The van der Waals surface area contributed by atoms with Gasteiger partial charge in [0.2, 0.25) is 5.91 Å². The lowest BCUT2D eigenvalue weighted by atomic mass is 9.98. The second-order valence-corrected chi connectivity index (χ2v) is 5.10. The van der Waals surface area contributed by atoms with Gasteiger partial charge in [0.25, 0.3) is 0 Å². The molecule has 0 spiro atoms. The minimum absolute atomic E-state index is 0.0664. The van der Waals surface area contributed by atoms with E-state index < -0.39 is 0 Å². The van der Waals surface area contributed by atoms with Crippen LogP contribution in [0.2, 0.25) is 0 Å². The molecule has 0 fully saturated rings. The fraction of sp³-hybridized carbons (Fsp3) is 0.235. The Morgan fingerprint density at radius 3 is 1.90 bits per heavy atom. The van der Waals surface area contributed by atoms with Crippen molar-refractivity contribution in [3.05, 3.63) is 71.8 Å². The molecule has 1 N–H and O–H groups in total. The van der Waals surface area contributed by atoms with Gasteiger partial charge in [-0.05, 0) is 23.3 Å². The molecular weight excluding hydrogens is 266 g/mol. The molecule has 2 rings (SSSR count). The number of hydrogen-bond acceptors (Lipinski definition) is 2. The second kappa shape index (κ2) is 7.75. The summed E-state index contributed by atoms with van der Waals surface area (Å²) in [4.78, 5) is 12.0. The van der Waals surface area contributed by atoms with Gasteiger partial charge in [-0.25, -0.2) is 0 Å². The smallest absolute Gasteiger partial charge is 0.220 e. The maximum Gasteiger partial charge on any atom is 0.220 e. The highest BCUT2D eigenvalue weighted by molar-refractivity contribution is 7.80. The highest BCUT2D eigenvalue weighted by Gasteiger charge is 2.15. The maximum atomic E-state index is 12.0. The Kier molecular flexibility index (Phi) is 5.69. The lowest BCUT2D eigenvalue weighted by Gasteiger charge is -2.19. The molecule has 0 bridgehead atoms. The Balaban J connectivity index is 2.19. The molecule has 2 nitrogen and oxygen atoms in total. The van der Waals surface area contributed by atoms with E-state index in [0.717, 1.165) is 23.3 Å². The van der Waals surface area contributed by atoms with Gasteiger partial charge in [-0.3, -0.25) is 4.79 Å². The van der Waals surface area contributed by atoms with E-state index in [0.29, 0.717) is 6.42 Å². The highest BCUT2D eigenvalue weighted by atomic mass is 32.1. The minimum atomic E-state index is -0.0928. The summed E-state index contributed by atoms with van der Waals surface area (Å²) in [5.74, 6) is 0.797. The van der Waals surface area contributed by atoms with Crippen LogP contribution in [0, 0.1) is 0 Å². The first-order valence-corrected chi connectivity index (χ1v) is 7.44. The third kappa shape index (κ3) is 4.14. The average Bonchev–Trinajstić information content (AvgIpc) is 2.52. The summed E-state index contributed by atoms with van der Waals surface area (Å²) in [5, 5.41) is 3.11. The molecule has 0 radical (unpaired) electrons. The van der Waals surface area contributed by atoms with Crippen LogP contribution in [0.25, 0.3) is 0 Å². The van der Waals surface area contributed by atoms with Crippen molar-refractivity contribution in [1.82, 2.24) is 5.32 Å². The molecule has 0 aromatic heterocycles. The van der Waals surface area contributed by atoms with Crippen molar-refractivity contribution < 1.29 is 4.79 Å². The van der Waals surface area contributed by atoms with Crippen LogP contribution in [-0.4, -0.2) is 11.7 Å². The number of benzene rings is 2. The SMILES string of the molecule is O=C(CCCS)NC(c1ccccc1)c1ccccc1. The van der Waals surface area contributed by atoms with Crippen LogP contribution in [0.15, 0.2) is 60.7 Å². The largest absolute Gasteiger partial charge is 0.345 e. The summed E-state index contributed by atoms with van der Waals surface area (Å²) >= 11 is 4.15. The number of thiol groups is 1. The van der Waals surface area contributed by atoms with Crippen LogP contribution in [0.3, 0.4) is 0 Å². The van der Waals surface area contributed by atoms with E-state index in [9.17, 15) is 4.79 Å². The molecular formula is C17H19NOS. The predicted molar refractivity (Wildman–Crippen MR) is 86.0 cm³/mol. The molecule has 3 heteroatoms. The molecule has 0 saturated heterocycles. The van der Waals surface area contributed by atoms with E-state index in [-0.39, 0.29) is 11.9 Å². The Labute approximate surface area is 125 Å². The fourth-order valence-electron chi connectivity index (χ4n) is 2.12. The number of nitrogens with one attached hydrogen (secondary N) is 1. The lowest BCUT2D eigenvalue weighted by molar-refractivity contribution is -0.121. The maximum absolute atomic E-state index is 12.0. The van der Waals surface area contributed by atoms with Crippen LogP contribution in [-0.2, 0) is 4.79 Å². The molecule has 0 aliphatic carbocycles. The zero-order valence-electron chi connectivity index (χ0n) is 11.3. The Morgan fingerprint density at radius 1 is 0.950 bits per heavy atom. The third-order valence-electron chi connectivity index (χ3n) is 3.13. The molecule has 2 aromatic carbocycles. The molecule has 2 aromatic rings. The van der Waals surface area contributed by atoms with Crippen molar-refractivity contribution in [2.45, 2.75) is 18.9 Å².